The molecule has 0 atom stereocenters. The number of carbonyl (C=O) groups is 2. The van der Waals surface area contributed by atoms with Crippen LogP contribution in [0.3, 0.4) is 0 Å². The van der Waals surface area contributed by atoms with Crippen LogP contribution in [0.5, 0.6) is 5.75 Å². The summed E-state index contributed by atoms with van der Waals surface area (Å²) in [5, 5.41) is 0.568. The molecule has 0 spiro atoms. The molecule has 2 aromatic carbocycles. The molecule has 0 radical (unpaired) electrons. The number of hydrazine groups is 1. The summed E-state index contributed by atoms with van der Waals surface area (Å²) in [7, 11) is 0. The van der Waals surface area contributed by atoms with Gasteiger partial charge in [0.25, 0.3) is 11.8 Å². The number of amides is 2. The van der Waals surface area contributed by atoms with Crippen LogP contribution < -0.4 is 21.2 Å². The minimum Gasteiger partial charge on any atom is -0.493 e. The predicted octanol–water partition coefficient (Wildman–Crippen LogP) is 2.66. The zero-order chi connectivity index (χ0) is 19.2. The standard InChI is InChI=1S/C20H18N2O5/c1-2-10-26-15-9-8-14-11-16(20(25)27-17(14)12-15)19(24)22-21-18(23)13-6-4-3-5-7-13/h3-9,11-12H,2,10H2,1H3,(H,21,23)(H,22,24). The SMILES string of the molecule is CCCOc1ccc2cc(C(=O)NNC(=O)c3ccccc3)c(=O)oc2c1. The van der Waals surface area contributed by atoms with Gasteiger partial charge in [-0.15, -0.1) is 0 Å². The highest BCUT2D eigenvalue weighted by atomic mass is 16.5. The molecule has 2 N–H and O–H groups in total. The molecule has 1 aromatic heterocycles. The van der Waals surface area contributed by atoms with Gasteiger partial charge in [0.15, 0.2) is 0 Å². The third-order valence-electron chi connectivity index (χ3n) is 3.75. The summed E-state index contributed by atoms with van der Waals surface area (Å²) in [5.41, 5.74) is 4.17. The van der Waals surface area contributed by atoms with Gasteiger partial charge in [-0.3, -0.25) is 20.4 Å². The second-order valence-electron chi connectivity index (χ2n) is 5.77. The smallest absolute Gasteiger partial charge is 0.349 e. The fraction of sp³-hybridized carbons (Fsp3) is 0.150. The Kier molecular flexibility index (Phi) is 5.51. The molecule has 2 amide bonds. The number of fused-ring (bicyclic) bond motifs is 1. The van der Waals surface area contributed by atoms with Crippen LogP contribution in [0.2, 0.25) is 0 Å². The van der Waals surface area contributed by atoms with Crippen LogP contribution in [0.15, 0.2) is 63.8 Å². The summed E-state index contributed by atoms with van der Waals surface area (Å²) >= 11 is 0. The molecule has 0 unspecified atom stereocenters. The normalized spacial score (nSPS) is 10.4. The Morgan fingerprint density at radius 3 is 2.48 bits per heavy atom. The van der Waals surface area contributed by atoms with Crippen LogP contribution >= 0.6 is 0 Å². The third kappa shape index (κ3) is 4.33. The molecule has 7 heteroatoms. The lowest BCUT2D eigenvalue weighted by Crippen LogP contribution is -2.43. The molecule has 0 saturated heterocycles. The largest absolute Gasteiger partial charge is 0.493 e. The fourth-order valence-electron chi connectivity index (χ4n) is 2.40. The summed E-state index contributed by atoms with van der Waals surface area (Å²) in [6.07, 6.45) is 0.857. The Morgan fingerprint density at radius 1 is 1.00 bits per heavy atom. The number of rotatable bonds is 5. The van der Waals surface area contributed by atoms with Gasteiger partial charge in [-0.05, 0) is 36.8 Å². The van der Waals surface area contributed by atoms with Crippen LogP contribution in [-0.2, 0) is 0 Å². The number of nitrogens with one attached hydrogen (secondary N) is 2. The first-order valence-corrected chi connectivity index (χ1v) is 8.45. The van der Waals surface area contributed by atoms with Gasteiger partial charge in [0.05, 0.1) is 6.61 Å². The zero-order valence-electron chi connectivity index (χ0n) is 14.7. The van der Waals surface area contributed by atoms with Crippen LogP contribution in [0.4, 0.5) is 0 Å². The van der Waals surface area contributed by atoms with Gasteiger partial charge in [0, 0.05) is 17.0 Å². The molecule has 3 aromatic rings. The molecular weight excluding hydrogens is 348 g/mol. The molecule has 1 heterocycles. The van der Waals surface area contributed by atoms with Gasteiger partial charge in [-0.25, -0.2) is 4.79 Å². The van der Waals surface area contributed by atoms with Crippen molar-refractivity contribution in [1.29, 1.82) is 0 Å². The lowest BCUT2D eigenvalue weighted by molar-refractivity contribution is 0.0844. The first-order chi connectivity index (χ1) is 13.1. The molecule has 0 bridgehead atoms. The van der Waals surface area contributed by atoms with E-state index in [4.69, 9.17) is 9.15 Å². The molecule has 0 aliphatic carbocycles. The average molecular weight is 366 g/mol. The van der Waals surface area contributed by atoms with Crippen molar-refractivity contribution < 1.29 is 18.7 Å². The van der Waals surface area contributed by atoms with E-state index in [9.17, 15) is 14.4 Å². The minimum atomic E-state index is -0.804. The zero-order valence-corrected chi connectivity index (χ0v) is 14.7. The third-order valence-corrected chi connectivity index (χ3v) is 3.75. The number of hydrogen-bond donors (Lipinski definition) is 2. The molecule has 7 nitrogen and oxygen atoms in total. The Labute approximate surface area is 154 Å². The van der Waals surface area contributed by atoms with Crippen molar-refractivity contribution in [2.24, 2.45) is 0 Å². The van der Waals surface area contributed by atoms with Crippen molar-refractivity contribution in [3.63, 3.8) is 0 Å². The minimum absolute atomic E-state index is 0.210. The first kappa shape index (κ1) is 18.2. The van der Waals surface area contributed by atoms with Crippen molar-refractivity contribution in [1.82, 2.24) is 10.9 Å². The highest BCUT2D eigenvalue weighted by Crippen LogP contribution is 2.20. The van der Waals surface area contributed by atoms with Crippen LogP contribution in [-0.4, -0.2) is 18.4 Å². The number of ether oxygens (including phenoxy) is 1. The summed E-state index contributed by atoms with van der Waals surface area (Å²) in [4.78, 5) is 36.3. The quantitative estimate of drug-likeness (QED) is 0.534. The van der Waals surface area contributed by atoms with Gasteiger partial charge in [-0.1, -0.05) is 25.1 Å². The number of carbonyl (C=O) groups excluding carboxylic acids is 2. The summed E-state index contributed by atoms with van der Waals surface area (Å²) in [5.74, 6) is -0.673. The molecule has 0 aliphatic rings. The van der Waals surface area contributed by atoms with Crippen LogP contribution in [0.25, 0.3) is 11.0 Å². The maximum atomic E-state index is 12.2. The maximum absolute atomic E-state index is 12.2. The van der Waals surface area contributed by atoms with E-state index >= 15 is 0 Å². The van der Waals surface area contributed by atoms with Crippen molar-refractivity contribution >= 4 is 22.8 Å². The molecule has 0 aliphatic heterocycles. The van der Waals surface area contributed by atoms with E-state index in [0.29, 0.717) is 28.9 Å². The Morgan fingerprint density at radius 2 is 1.74 bits per heavy atom. The highest BCUT2D eigenvalue weighted by Gasteiger charge is 2.15. The summed E-state index contributed by atoms with van der Waals surface area (Å²) in [6, 6.07) is 14.8. The van der Waals surface area contributed by atoms with E-state index < -0.39 is 17.4 Å². The van der Waals surface area contributed by atoms with Crippen molar-refractivity contribution in [3.8, 4) is 5.75 Å². The topological polar surface area (TPSA) is 97.6 Å². The van der Waals surface area contributed by atoms with E-state index in [-0.39, 0.29) is 5.56 Å². The average Bonchev–Trinajstić information content (AvgIpc) is 2.70. The van der Waals surface area contributed by atoms with Gasteiger partial charge >= 0.3 is 5.63 Å². The molecule has 0 fully saturated rings. The second-order valence-corrected chi connectivity index (χ2v) is 5.77. The number of benzene rings is 2. The van der Waals surface area contributed by atoms with Gasteiger partial charge < -0.3 is 9.15 Å². The Bertz CT molecular complexity index is 1030. The maximum Gasteiger partial charge on any atom is 0.349 e. The lowest BCUT2D eigenvalue weighted by Gasteiger charge is -2.08. The molecule has 3 rings (SSSR count). The first-order valence-electron chi connectivity index (χ1n) is 8.45. The predicted molar refractivity (Wildman–Crippen MR) is 99.6 cm³/mol. The molecule has 0 saturated carbocycles. The van der Waals surface area contributed by atoms with E-state index in [1.807, 2.05) is 6.92 Å². The van der Waals surface area contributed by atoms with Crippen LogP contribution in [0.1, 0.15) is 34.1 Å². The van der Waals surface area contributed by atoms with E-state index in [0.717, 1.165) is 6.42 Å². The second kappa shape index (κ2) is 8.18. The van der Waals surface area contributed by atoms with E-state index in [2.05, 4.69) is 10.9 Å². The molecular formula is C20H18N2O5. The van der Waals surface area contributed by atoms with E-state index in [1.165, 1.54) is 6.07 Å². The van der Waals surface area contributed by atoms with Gasteiger partial charge in [0.2, 0.25) is 0 Å². The van der Waals surface area contributed by atoms with Crippen molar-refractivity contribution in [2.75, 3.05) is 6.61 Å². The monoisotopic (exact) mass is 366 g/mol. The lowest BCUT2D eigenvalue weighted by atomic mass is 10.1. The van der Waals surface area contributed by atoms with Crippen molar-refractivity contribution in [3.05, 3.63) is 76.1 Å². The Balaban J connectivity index is 1.75. The highest BCUT2D eigenvalue weighted by molar-refractivity contribution is 6.00. The van der Waals surface area contributed by atoms with Crippen molar-refractivity contribution in [2.45, 2.75) is 13.3 Å². The Hall–Kier alpha value is -3.61. The fourth-order valence-corrected chi connectivity index (χ4v) is 2.40. The summed E-state index contributed by atoms with van der Waals surface area (Å²) in [6.45, 7) is 2.54. The van der Waals surface area contributed by atoms with Crippen LogP contribution in [0, 0.1) is 0 Å². The molecule has 27 heavy (non-hydrogen) atoms. The van der Waals surface area contributed by atoms with E-state index in [1.54, 1.807) is 48.5 Å². The molecule has 138 valence electrons. The van der Waals surface area contributed by atoms with Gasteiger partial charge in [0.1, 0.15) is 16.9 Å². The summed E-state index contributed by atoms with van der Waals surface area (Å²) < 4.78 is 10.7. The number of hydrogen-bond acceptors (Lipinski definition) is 5. The van der Waals surface area contributed by atoms with Gasteiger partial charge in [-0.2, -0.15) is 0 Å².